The van der Waals surface area contributed by atoms with Crippen LogP contribution in [0.1, 0.15) is 23.8 Å². The molecule has 0 saturated carbocycles. The molecule has 5 heteroatoms. The highest BCUT2D eigenvalue weighted by Crippen LogP contribution is 2.21. The summed E-state index contributed by atoms with van der Waals surface area (Å²) in [4.78, 5) is 11.1. The van der Waals surface area contributed by atoms with Crippen LogP contribution in [0.5, 0.6) is 5.75 Å². The summed E-state index contributed by atoms with van der Waals surface area (Å²) in [5.41, 5.74) is 0.861. The number of halogens is 1. The maximum Gasteiger partial charge on any atom is 0.352 e. The van der Waals surface area contributed by atoms with Crippen molar-refractivity contribution in [3.63, 3.8) is 0 Å². The smallest absolute Gasteiger partial charge is 0.352 e. The third-order valence-corrected chi connectivity index (χ3v) is 2.80. The first-order chi connectivity index (χ1) is 9.11. The fraction of sp³-hybridized carbons (Fsp3) is 0.214. The van der Waals surface area contributed by atoms with E-state index in [-0.39, 0.29) is 5.69 Å². The van der Waals surface area contributed by atoms with Crippen molar-refractivity contribution in [3.05, 3.63) is 47.2 Å². The van der Waals surface area contributed by atoms with Gasteiger partial charge in [-0.3, -0.25) is 0 Å². The predicted molar refractivity (Wildman–Crippen MR) is 73.5 cm³/mol. The van der Waals surface area contributed by atoms with Crippen LogP contribution in [0.25, 0.3) is 5.69 Å². The first kappa shape index (κ1) is 13.5. The van der Waals surface area contributed by atoms with Crippen molar-refractivity contribution in [2.24, 2.45) is 0 Å². The van der Waals surface area contributed by atoms with E-state index in [1.807, 2.05) is 19.1 Å². The lowest BCUT2D eigenvalue weighted by molar-refractivity contribution is 0.0688. The normalized spacial score (nSPS) is 10.4. The third-order valence-electron chi connectivity index (χ3n) is 2.59. The Labute approximate surface area is 116 Å². The lowest BCUT2D eigenvalue weighted by atomic mass is 10.3. The summed E-state index contributed by atoms with van der Waals surface area (Å²) in [5, 5.41) is 9.50. The summed E-state index contributed by atoms with van der Waals surface area (Å²) >= 11 is 5.85. The summed E-state index contributed by atoms with van der Waals surface area (Å²) in [6, 6.07) is 8.64. The Balaban J connectivity index is 2.29. The molecule has 0 atom stereocenters. The Bertz CT molecular complexity index is 575. The number of hydrogen-bond acceptors (Lipinski definition) is 2. The molecule has 0 aliphatic rings. The molecule has 0 aliphatic heterocycles. The molecule has 0 saturated heterocycles. The topological polar surface area (TPSA) is 51.5 Å². The van der Waals surface area contributed by atoms with Gasteiger partial charge < -0.3 is 14.4 Å². The van der Waals surface area contributed by atoms with Crippen molar-refractivity contribution >= 4 is 17.6 Å². The van der Waals surface area contributed by atoms with E-state index in [0.29, 0.717) is 11.6 Å². The maximum absolute atomic E-state index is 11.1. The molecule has 0 unspecified atom stereocenters. The van der Waals surface area contributed by atoms with Gasteiger partial charge in [0.2, 0.25) is 0 Å². The van der Waals surface area contributed by atoms with Gasteiger partial charge in [0.1, 0.15) is 11.4 Å². The SMILES string of the molecule is CCCOc1ccc(-n2cc(Cl)cc2C(=O)O)cc1. The first-order valence-corrected chi connectivity index (χ1v) is 6.34. The van der Waals surface area contributed by atoms with E-state index in [0.717, 1.165) is 17.9 Å². The van der Waals surface area contributed by atoms with Crippen molar-refractivity contribution in [1.82, 2.24) is 4.57 Å². The number of aromatic carboxylic acids is 1. The number of nitrogens with zero attached hydrogens (tertiary/aromatic N) is 1. The van der Waals surface area contributed by atoms with E-state index in [2.05, 4.69) is 0 Å². The van der Waals surface area contributed by atoms with Gasteiger partial charge >= 0.3 is 5.97 Å². The number of hydrogen-bond donors (Lipinski definition) is 1. The average Bonchev–Trinajstić information content (AvgIpc) is 2.79. The van der Waals surface area contributed by atoms with Crippen LogP contribution in [0.2, 0.25) is 5.02 Å². The molecule has 0 amide bonds. The van der Waals surface area contributed by atoms with Gasteiger partial charge in [-0.15, -0.1) is 0 Å². The van der Waals surface area contributed by atoms with Crippen molar-refractivity contribution in [2.75, 3.05) is 6.61 Å². The van der Waals surface area contributed by atoms with Crippen LogP contribution in [0.4, 0.5) is 0 Å². The molecule has 0 fully saturated rings. The molecule has 0 spiro atoms. The predicted octanol–water partition coefficient (Wildman–Crippen LogP) is 3.62. The molecule has 0 aliphatic carbocycles. The summed E-state index contributed by atoms with van der Waals surface area (Å²) in [7, 11) is 0. The molecule has 4 nitrogen and oxygen atoms in total. The second kappa shape index (κ2) is 5.80. The van der Waals surface area contributed by atoms with Gasteiger partial charge in [-0.1, -0.05) is 18.5 Å². The molecule has 1 aromatic heterocycles. The van der Waals surface area contributed by atoms with E-state index < -0.39 is 5.97 Å². The van der Waals surface area contributed by atoms with Gasteiger partial charge in [0.15, 0.2) is 0 Å². The summed E-state index contributed by atoms with van der Waals surface area (Å²) in [6.07, 6.45) is 2.52. The van der Waals surface area contributed by atoms with Crippen molar-refractivity contribution in [2.45, 2.75) is 13.3 Å². The van der Waals surface area contributed by atoms with Gasteiger partial charge in [-0.25, -0.2) is 4.79 Å². The molecule has 2 rings (SSSR count). The monoisotopic (exact) mass is 279 g/mol. The first-order valence-electron chi connectivity index (χ1n) is 5.96. The zero-order valence-corrected chi connectivity index (χ0v) is 11.2. The summed E-state index contributed by atoms with van der Waals surface area (Å²) in [5.74, 6) is -0.251. The third kappa shape index (κ3) is 3.09. The van der Waals surface area contributed by atoms with Gasteiger partial charge in [0.05, 0.1) is 11.6 Å². The van der Waals surface area contributed by atoms with Gasteiger partial charge in [-0.2, -0.15) is 0 Å². The van der Waals surface area contributed by atoms with E-state index in [4.69, 9.17) is 21.4 Å². The molecule has 19 heavy (non-hydrogen) atoms. The minimum Gasteiger partial charge on any atom is -0.494 e. The molecule has 1 heterocycles. The van der Waals surface area contributed by atoms with E-state index in [1.54, 1.807) is 18.3 Å². The molecule has 0 bridgehead atoms. The minimum absolute atomic E-state index is 0.132. The second-order valence-electron chi connectivity index (χ2n) is 4.06. The number of carboxylic acid groups (broad SMARTS) is 1. The quantitative estimate of drug-likeness (QED) is 0.909. The number of aromatic nitrogens is 1. The van der Waals surface area contributed by atoms with Crippen LogP contribution < -0.4 is 4.74 Å². The molecular formula is C14H14ClNO3. The highest BCUT2D eigenvalue weighted by Gasteiger charge is 2.12. The molecule has 2 aromatic rings. The molecular weight excluding hydrogens is 266 g/mol. The lowest BCUT2D eigenvalue weighted by Gasteiger charge is -2.08. The van der Waals surface area contributed by atoms with E-state index in [9.17, 15) is 4.79 Å². The molecule has 100 valence electrons. The zero-order valence-electron chi connectivity index (χ0n) is 10.5. The van der Waals surface area contributed by atoms with Crippen LogP contribution in [0, 0.1) is 0 Å². The van der Waals surface area contributed by atoms with Crippen molar-refractivity contribution in [1.29, 1.82) is 0 Å². The molecule has 0 radical (unpaired) electrons. The zero-order chi connectivity index (χ0) is 13.8. The van der Waals surface area contributed by atoms with Crippen LogP contribution in [0.3, 0.4) is 0 Å². The maximum atomic E-state index is 11.1. The van der Waals surface area contributed by atoms with Gasteiger partial charge in [0, 0.05) is 11.9 Å². The Hall–Kier alpha value is -1.94. The average molecular weight is 280 g/mol. The van der Waals surface area contributed by atoms with Crippen LogP contribution >= 0.6 is 11.6 Å². The number of benzene rings is 1. The Morgan fingerprint density at radius 1 is 1.37 bits per heavy atom. The van der Waals surface area contributed by atoms with Crippen LogP contribution in [0.15, 0.2) is 36.5 Å². The number of carbonyl (C=O) groups is 1. The van der Waals surface area contributed by atoms with Gasteiger partial charge in [-0.05, 0) is 36.8 Å². The van der Waals surface area contributed by atoms with Crippen molar-refractivity contribution in [3.8, 4) is 11.4 Å². The van der Waals surface area contributed by atoms with Crippen molar-refractivity contribution < 1.29 is 14.6 Å². The Morgan fingerprint density at radius 3 is 2.63 bits per heavy atom. The standard InChI is InChI=1S/C14H14ClNO3/c1-2-7-19-12-5-3-11(4-6-12)16-9-10(15)8-13(16)14(17)18/h3-6,8-9H,2,7H2,1H3,(H,17,18). The second-order valence-corrected chi connectivity index (χ2v) is 4.50. The fourth-order valence-electron chi connectivity index (χ4n) is 1.73. The fourth-order valence-corrected chi connectivity index (χ4v) is 1.93. The number of carboxylic acids is 1. The lowest BCUT2D eigenvalue weighted by Crippen LogP contribution is -2.05. The largest absolute Gasteiger partial charge is 0.494 e. The van der Waals surface area contributed by atoms with Crippen LogP contribution in [-0.2, 0) is 0 Å². The summed E-state index contributed by atoms with van der Waals surface area (Å²) in [6.45, 7) is 2.70. The highest BCUT2D eigenvalue weighted by atomic mass is 35.5. The van der Waals surface area contributed by atoms with Crippen LogP contribution in [-0.4, -0.2) is 22.2 Å². The van der Waals surface area contributed by atoms with Gasteiger partial charge in [0.25, 0.3) is 0 Å². The molecule has 1 N–H and O–H groups in total. The summed E-state index contributed by atoms with van der Waals surface area (Å²) < 4.78 is 7.01. The number of rotatable bonds is 5. The minimum atomic E-state index is -1.02. The molecule has 1 aromatic carbocycles. The van der Waals surface area contributed by atoms with E-state index in [1.165, 1.54) is 10.6 Å². The number of ether oxygens (including phenoxy) is 1. The Kier molecular flexibility index (Phi) is 4.12. The Morgan fingerprint density at radius 2 is 2.05 bits per heavy atom. The van der Waals surface area contributed by atoms with E-state index >= 15 is 0 Å². The highest BCUT2D eigenvalue weighted by molar-refractivity contribution is 6.31.